The predicted molar refractivity (Wildman–Crippen MR) is 255 cm³/mol. The van der Waals surface area contributed by atoms with Crippen molar-refractivity contribution in [1.29, 1.82) is 0 Å². The van der Waals surface area contributed by atoms with Gasteiger partial charge in [0, 0.05) is 0 Å². The molecule has 284 valence electrons. The summed E-state index contributed by atoms with van der Waals surface area (Å²) in [6, 6.07) is 97.0. The van der Waals surface area contributed by atoms with Crippen LogP contribution < -0.4 is 47.7 Å². The molecular formula is C54H45P3Pd+2. The zero-order valence-electron chi connectivity index (χ0n) is 32.1. The van der Waals surface area contributed by atoms with E-state index >= 15 is 0 Å². The molecule has 0 saturated carbocycles. The summed E-state index contributed by atoms with van der Waals surface area (Å²) in [5.41, 5.74) is 0. The Balaban J connectivity index is 0.000000145. The summed E-state index contributed by atoms with van der Waals surface area (Å²) < 4.78 is 0. The van der Waals surface area contributed by atoms with E-state index in [4.69, 9.17) is 0 Å². The van der Waals surface area contributed by atoms with Gasteiger partial charge in [-0.05, 0) is 71.5 Å². The Hall–Kier alpha value is -5.07. The van der Waals surface area contributed by atoms with Crippen molar-refractivity contribution in [2.75, 3.05) is 0 Å². The minimum Gasteiger partial charge on any atom is -0.0622 e. The molecule has 0 unspecified atom stereocenters. The first-order valence-electron chi connectivity index (χ1n) is 19.2. The SMILES string of the molecule is [Pd+2].c1ccc(P(c2ccccc2)c2ccccc2)cc1.c1ccc(P(c2ccccc2)c2ccccc2)cc1.c1ccc(P(c2ccccc2)c2ccccc2)cc1. The van der Waals surface area contributed by atoms with Crippen molar-refractivity contribution in [3.8, 4) is 0 Å². The largest absolute Gasteiger partial charge is 2.00 e. The van der Waals surface area contributed by atoms with Gasteiger partial charge in [0.1, 0.15) is 0 Å². The Labute approximate surface area is 362 Å². The van der Waals surface area contributed by atoms with Crippen LogP contribution >= 0.6 is 23.8 Å². The molecule has 0 fully saturated rings. The second-order valence-corrected chi connectivity index (χ2v) is 19.7. The van der Waals surface area contributed by atoms with Crippen LogP contribution in [0.25, 0.3) is 0 Å². The summed E-state index contributed by atoms with van der Waals surface area (Å²) in [6.45, 7) is 0. The minimum atomic E-state index is -0.446. The van der Waals surface area contributed by atoms with Gasteiger partial charge in [-0.3, -0.25) is 0 Å². The molecule has 0 aliphatic carbocycles. The molecule has 9 rings (SSSR count). The van der Waals surface area contributed by atoms with E-state index in [1.807, 2.05) is 0 Å². The van der Waals surface area contributed by atoms with Gasteiger partial charge < -0.3 is 0 Å². The van der Waals surface area contributed by atoms with Crippen LogP contribution in [-0.4, -0.2) is 0 Å². The van der Waals surface area contributed by atoms with Crippen LogP contribution in [0.5, 0.6) is 0 Å². The van der Waals surface area contributed by atoms with Gasteiger partial charge in [-0.1, -0.05) is 273 Å². The molecule has 0 amide bonds. The first kappa shape index (κ1) is 42.5. The smallest absolute Gasteiger partial charge is 0.0622 e. The van der Waals surface area contributed by atoms with Gasteiger partial charge in [-0.2, -0.15) is 0 Å². The number of hydrogen-bond donors (Lipinski definition) is 0. The maximum Gasteiger partial charge on any atom is 2.00 e. The molecule has 0 nitrogen and oxygen atoms in total. The van der Waals surface area contributed by atoms with Crippen molar-refractivity contribution in [3.63, 3.8) is 0 Å². The van der Waals surface area contributed by atoms with Crippen LogP contribution in [0.1, 0.15) is 0 Å². The van der Waals surface area contributed by atoms with Crippen molar-refractivity contribution < 1.29 is 20.4 Å². The summed E-state index contributed by atoms with van der Waals surface area (Å²) in [5.74, 6) is 0. The normalized spacial score (nSPS) is 10.4. The number of hydrogen-bond acceptors (Lipinski definition) is 0. The monoisotopic (exact) mass is 892 g/mol. The molecule has 0 N–H and O–H groups in total. The van der Waals surface area contributed by atoms with Crippen LogP contribution in [0.15, 0.2) is 273 Å². The second-order valence-electron chi connectivity index (χ2n) is 13.0. The molecule has 0 heterocycles. The van der Waals surface area contributed by atoms with Gasteiger partial charge in [-0.25, -0.2) is 0 Å². The number of benzene rings is 9. The molecular weight excluding hydrogens is 848 g/mol. The summed E-state index contributed by atoms with van der Waals surface area (Å²) >= 11 is 0. The molecule has 58 heavy (non-hydrogen) atoms. The predicted octanol–water partition coefficient (Wildman–Crippen LogP) is 10.3. The molecule has 0 aromatic heterocycles. The van der Waals surface area contributed by atoms with Gasteiger partial charge in [-0.15, -0.1) is 0 Å². The molecule has 4 heteroatoms. The average Bonchev–Trinajstić information content (AvgIpc) is 3.30. The first-order valence-corrected chi connectivity index (χ1v) is 23.2. The van der Waals surface area contributed by atoms with Crippen LogP contribution in [-0.2, 0) is 20.4 Å². The van der Waals surface area contributed by atoms with Gasteiger partial charge in [0.2, 0.25) is 0 Å². The van der Waals surface area contributed by atoms with E-state index in [2.05, 4.69) is 273 Å². The van der Waals surface area contributed by atoms with Crippen LogP contribution in [0.3, 0.4) is 0 Å². The molecule has 9 aromatic carbocycles. The summed E-state index contributed by atoms with van der Waals surface area (Å²) in [4.78, 5) is 0. The van der Waals surface area contributed by atoms with E-state index in [-0.39, 0.29) is 20.4 Å². The summed E-state index contributed by atoms with van der Waals surface area (Å²) in [7, 11) is -1.34. The zero-order valence-corrected chi connectivity index (χ0v) is 36.4. The van der Waals surface area contributed by atoms with Crippen LogP contribution in [0.2, 0.25) is 0 Å². The molecule has 9 aromatic rings. The third kappa shape index (κ3) is 12.0. The third-order valence-electron chi connectivity index (χ3n) is 9.13. The van der Waals surface area contributed by atoms with Crippen molar-refractivity contribution in [3.05, 3.63) is 273 Å². The van der Waals surface area contributed by atoms with Crippen molar-refractivity contribution in [2.24, 2.45) is 0 Å². The fourth-order valence-corrected chi connectivity index (χ4v) is 13.5. The van der Waals surface area contributed by atoms with E-state index in [9.17, 15) is 0 Å². The molecule has 0 aliphatic heterocycles. The van der Waals surface area contributed by atoms with E-state index in [1.165, 1.54) is 47.7 Å². The van der Waals surface area contributed by atoms with Crippen LogP contribution in [0.4, 0.5) is 0 Å². The second kappa shape index (κ2) is 23.4. The van der Waals surface area contributed by atoms with E-state index in [0.29, 0.717) is 0 Å². The quantitative estimate of drug-likeness (QED) is 0.100. The van der Waals surface area contributed by atoms with E-state index < -0.39 is 23.8 Å². The fraction of sp³-hybridized carbons (Fsp3) is 0. The number of rotatable bonds is 9. The van der Waals surface area contributed by atoms with E-state index in [1.54, 1.807) is 0 Å². The van der Waals surface area contributed by atoms with Gasteiger partial charge >= 0.3 is 20.4 Å². The molecule has 0 atom stereocenters. The molecule has 0 spiro atoms. The van der Waals surface area contributed by atoms with Gasteiger partial charge in [0.05, 0.1) is 0 Å². The maximum atomic E-state index is 2.23. The third-order valence-corrected chi connectivity index (χ3v) is 16.5. The molecule has 0 saturated heterocycles. The zero-order chi connectivity index (χ0) is 38.7. The van der Waals surface area contributed by atoms with E-state index in [0.717, 1.165) is 0 Å². The van der Waals surface area contributed by atoms with Gasteiger partial charge in [0.25, 0.3) is 0 Å². The molecule has 0 radical (unpaired) electrons. The first-order chi connectivity index (χ1) is 28.3. The fourth-order valence-electron chi connectivity index (χ4n) is 6.54. The van der Waals surface area contributed by atoms with Crippen molar-refractivity contribution >= 4 is 71.5 Å². The minimum absolute atomic E-state index is 0. The maximum absolute atomic E-state index is 2.23. The Morgan fingerprint density at radius 1 is 0.138 bits per heavy atom. The standard InChI is InChI=1S/3C18H15P.Pd/c3*1-4-10-16(11-5-1)19(17-12-6-2-7-13-17)18-14-8-3-9-15-18;/h3*1-15H;/q;;;+2. The molecule has 0 bridgehead atoms. The Morgan fingerprint density at radius 2 is 0.224 bits per heavy atom. The summed E-state index contributed by atoms with van der Waals surface area (Å²) in [6.07, 6.45) is 0. The van der Waals surface area contributed by atoms with Crippen molar-refractivity contribution in [2.45, 2.75) is 0 Å². The van der Waals surface area contributed by atoms with Gasteiger partial charge in [0.15, 0.2) is 0 Å². The Kier molecular flexibility index (Phi) is 17.1. The molecule has 0 aliphatic rings. The Morgan fingerprint density at radius 3 is 0.310 bits per heavy atom. The average molecular weight is 893 g/mol. The topological polar surface area (TPSA) is 0 Å². The van der Waals surface area contributed by atoms with Crippen molar-refractivity contribution in [1.82, 2.24) is 0 Å². The Bertz CT molecular complexity index is 1860. The van der Waals surface area contributed by atoms with Crippen LogP contribution in [0, 0.1) is 0 Å². The summed E-state index contributed by atoms with van der Waals surface area (Å²) in [5, 5.41) is 12.6.